The molecule has 0 aromatic heterocycles. The molecule has 3 rings (SSSR count). The van der Waals surface area contributed by atoms with E-state index in [9.17, 15) is 4.79 Å². The van der Waals surface area contributed by atoms with Crippen LogP contribution in [-0.2, 0) is 17.6 Å². The number of nitrogens with zero attached hydrogens (tertiary/aromatic N) is 2. The molecule has 1 unspecified atom stereocenters. The third kappa shape index (κ3) is 2.58. The van der Waals surface area contributed by atoms with Crippen LogP contribution < -0.4 is 10.2 Å². The lowest BCUT2D eigenvalue weighted by molar-refractivity contribution is -0.117. The van der Waals surface area contributed by atoms with Crippen molar-refractivity contribution in [2.75, 3.05) is 38.1 Å². The molecule has 1 aromatic carbocycles. The molecule has 1 fully saturated rings. The number of nitrogens with one attached hydrogen (secondary N) is 1. The van der Waals surface area contributed by atoms with E-state index < -0.39 is 0 Å². The molecule has 1 saturated heterocycles. The van der Waals surface area contributed by atoms with Crippen LogP contribution in [0.15, 0.2) is 18.2 Å². The number of hydrogen-bond acceptors (Lipinski definition) is 3. The zero-order chi connectivity index (χ0) is 14.1. The van der Waals surface area contributed by atoms with Crippen molar-refractivity contribution in [1.82, 2.24) is 10.2 Å². The second-order valence-corrected chi connectivity index (χ2v) is 5.93. The van der Waals surface area contributed by atoms with E-state index in [2.05, 4.69) is 35.3 Å². The lowest BCUT2D eigenvalue weighted by Crippen LogP contribution is -2.48. The number of anilines is 1. The Morgan fingerprint density at radius 3 is 2.80 bits per heavy atom. The summed E-state index contributed by atoms with van der Waals surface area (Å²) in [5.41, 5.74) is 3.61. The van der Waals surface area contributed by atoms with Gasteiger partial charge in [-0.25, -0.2) is 0 Å². The van der Waals surface area contributed by atoms with Gasteiger partial charge < -0.3 is 10.2 Å². The Morgan fingerprint density at radius 2 is 2.05 bits per heavy atom. The lowest BCUT2D eigenvalue weighted by atomic mass is 10.0. The maximum Gasteiger partial charge on any atom is 0.231 e. The Morgan fingerprint density at radius 1 is 1.30 bits per heavy atom. The zero-order valence-corrected chi connectivity index (χ0v) is 12.4. The Balaban J connectivity index is 1.69. The van der Waals surface area contributed by atoms with Crippen LogP contribution in [0, 0.1) is 0 Å². The summed E-state index contributed by atoms with van der Waals surface area (Å²) in [4.78, 5) is 16.0. The molecule has 4 nitrogen and oxygen atoms in total. The number of likely N-dealkylation sites (N-methyl/N-ethyl adjacent to an activating group) is 1. The maximum atomic E-state index is 11.7. The molecule has 2 aliphatic heterocycles. The molecule has 0 radical (unpaired) electrons. The van der Waals surface area contributed by atoms with Crippen LogP contribution in [0.5, 0.6) is 0 Å². The number of fused-ring (bicyclic) bond motifs is 1. The molecule has 0 spiro atoms. The first-order valence-electron chi connectivity index (χ1n) is 7.48. The summed E-state index contributed by atoms with van der Waals surface area (Å²) in [5, 5.41) is 3.39. The minimum absolute atomic E-state index is 0.201. The number of carbonyl (C=O) groups excluding carboxylic acids is 1. The van der Waals surface area contributed by atoms with E-state index in [1.165, 1.54) is 11.1 Å². The average molecular weight is 273 g/mol. The van der Waals surface area contributed by atoms with Gasteiger partial charge in [0.2, 0.25) is 5.91 Å². The number of benzene rings is 1. The van der Waals surface area contributed by atoms with Crippen molar-refractivity contribution in [3.63, 3.8) is 0 Å². The van der Waals surface area contributed by atoms with Crippen molar-refractivity contribution >= 4 is 11.6 Å². The van der Waals surface area contributed by atoms with Crippen LogP contribution in [0.25, 0.3) is 0 Å². The minimum Gasteiger partial charge on any atom is -0.315 e. The van der Waals surface area contributed by atoms with Gasteiger partial charge in [-0.05, 0) is 30.5 Å². The molecule has 2 aliphatic rings. The monoisotopic (exact) mass is 273 g/mol. The van der Waals surface area contributed by atoms with Gasteiger partial charge in [0.25, 0.3) is 0 Å². The fraction of sp³-hybridized carbons (Fsp3) is 0.562. The molecule has 1 aromatic rings. The summed E-state index contributed by atoms with van der Waals surface area (Å²) >= 11 is 0. The first-order chi connectivity index (χ1) is 9.65. The van der Waals surface area contributed by atoms with Crippen LogP contribution in [0.3, 0.4) is 0 Å². The van der Waals surface area contributed by atoms with Gasteiger partial charge in [0.05, 0.1) is 6.42 Å². The van der Waals surface area contributed by atoms with Gasteiger partial charge in [-0.3, -0.25) is 9.69 Å². The first-order valence-corrected chi connectivity index (χ1v) is 7.48. The van der Waals surface area contributed by atoms with Crippen LogP contribution in [0.2, 0.25) is 0 Å². The Hall–Kier alpha value is -1.39. The molecule has 20 heavy (non-hydrogen) atoms. The molecule has 1 N–H and O–H groups in total. The number of rotatable bonds is 3. The maximum absolute atomic E-state index is 11.7. The van der Waals surface area contributed by atoms with Crippen molar-refractivity contribution in [2.24, 2.45) is 0 Å². The standard InChI is InChI=1S/C16H23N3O/c1-12(19-7-5-17-6-8-19)9-13-3-4-15-14(10-13)11-16(20)18(15)2/h3-4,10,12,17H,5-9,11H2,1-2H3. The van der Waals surface area contributed by atoms with Crippen LogP contribution in [-0.4, -0.2) is 50.1 Å². The Bertz CT molecular complexity index is 508. The summed E-state index contributed by atoms with van der Waals surface area (Å²) in [5.74, 6) is 0.201. The van der Waals surface area contributed by atoms with Gasteiger partial charge in [-0.2, -0.15) is 0 Å². The quantitative estimate of drug-likeness (QED) is 0.894. The van der Waals surface area contributed by atoms with Crippen molar-refractivity contribution in [1.29, 1.82) is 0 Å². The third-order valence-corrected chi connectivity index (χ3v) is 4.53. The fourth-order valence-corrected chi connectivity index (χ4v) is 3.24. The number of piperazine rings is 1. The van der Waals surface area contributed by atoms with Gasteiger partial charge in [0.1, 0.15) is 0 Å². The van der Waals surface area contributed by atoms with Crippen molar-refractivity contribution in [3.05, 3.63) is 29.3 Å². The Kier molecular flexibility index (Phi) is 3.76. The van der Waals surface area contributed by atoms with Crippen molar-refractivity contribution < 1.29 is 4.79 Å². The highest BCUT2D eigenvalue weighted by Gasteiger charge is 2.24. The first kappa shape index (κ1) is 13.6. The average Bonchev–Trinajstić information content (AvgIpc) is 2.74. The summed E-state index contributed by atoms with van der Waals surface area (Å²) in [7, 11) is 1.86. The van der Waals surface area contributed by atoms with E-state index in [1.54, 1.807) is 4.90 Å². The van der Waals surface area contributed by atoms with E-state index in [0.717, 1.165) is 38.3 Å². The highest BCUT2D eigenvalue weighted by molar-refractivity contribution is 6.00. The second kappa shape index (κ2) is 5.54. The smallest absolute Gasteiger partial charge is 0.231 e. The van der Waals surface area contributed by atoms with Gasteiger partial charge >= 0.3 is 0 Å². The van der Waals surface area contributed by atoms with Gasteiger partial charge in [0.15, 0.2) is 0 Å². The van der Waals surface area contributed by atoms with E-state index >= 15 is 0 Å². The number of carbonyl (C=O) groups is 1. The summed E-state index contributed by atoms with van der Waals surface area (Å²) in [6.07, 6.45) is 1.62. The molecular weight excluding hydrogens is 250 g/mol. The normalized spacial score (nSPS) is 21.1. The highest BCUT2D eigenvalue weighted by Crippen LogP contribution is 2.28. The van der Waals surface area contributed by atoms with Gasteiger partial charge in [-0.15, -0.1) is 0 Å². The van der Waals surface area contributed by atoms with Crippen LogP contribution >= 0.6 is 0 Å². The predicted molar refractivity (Wildman–Crippen MR) is 81.2 cm³/mol. The molecule has 108 valence electrons. The second-order valence-electron chi connectivity index (χ2n) is 5.93. The predicted octanol–water partition coefficient (Wildman–Crippen LogP) is 1.04. The summed E-state index contributed by atoms with van der Waals surface area (Å²) < 4.78 is 0. The molecule has 2 heterocycles. The minimum atomic E-state index is 0.201. The lowest BCUT2D eigenvalue weighted by Gasteiger charge is -2.33. The number of amides is 1. The summed E-state index contributed by atoms with van der Waals surface area (Å²) in [6.45, 7) is 6.75. The van der Waals surface area contributed by atoms with E-state index in [-0.39, 0.29) is 5.91 Å². The Labute approximate surface area is 120 Å². The van der Waals surface area contributed by atoms with Gasteiger partial charge in [-0.1, -0.05) is 12.1 Å². The number of hydrogen-bond donors (Lipinski definition) is 1. The van der Waals surface area contributed by atoms with E-state index in [1.807, 2.05) is 7.05 Å². The molecular formula is C16H23N3O. The summed E-state index contributed by atoms with van der Waals surface area (Å²) in [6, 6.07) is 7.05. The topological polar surface area (TPSA) is 35.6 Å². The van der Waals surface area contributed by atoms with E-state index in [4.69, 9.17) is 0 Å². The van der Waals surface area contributed by atoms with Crippen LogP contribution in [0.1, 0.15) is 18.1 Å². The van der Waals surface area contributed by atoms with E-state index in [0.29, 0.717) is 12.5 Å². The van der Waals surface area contributed by atoms with Gasteiger partial charge in [0, 0.05) is 45.0 Å². The molecule has 1 atom stereocenters. The van der Waals surface area contributed by atoms with Crippen molar-refractivity contribution in [2.45, 2.75) is 25.8 Å². The fourth-order valence-electron chi connectivity index (χ4n) is 3.24. The highest BCUT2D eigenvalue weighted by atomic mass is 16.2. The van der Waals surface area contributed by atoms with Crippen molar-refractivity contribution in [3.8, 4) is 0 Å². The molecule has 0 bridgehead atoms. The zero-order valence-electron chi connectivity index (χ0n) is 12.4. The van der Waals surface area contributed by atoms with Crippen LogP contribution in [0.4, 0.5) is 5.69 Å². The molecule has 4 heteroatoms. The third-order valence-electron chi connectivity index (χ3n) is 4.53. The SMILES string of the molecule is CC(Cc1ccc2c(c1)CC(=O)N2C)N1CCNCC1. The largest absolute Gasteiger partial charge is 0.315 e. The molecule has 0 saturated carbocycles. The molecule has 0 aliphatic carbocycles. The molecule has 1 amide bonds.